The van der Waals surface area contributed by atoms with E-state index in [1.807, 2.05) is 42.5 Å². The van der Waals surface area contributed by atoms with Crippen LogP contribution in [0.1, 0.15) is 38.9 Å². The van der Waals surface area contributed by atoms with E-state index in [0.717, 1.165) is 34.0 Å². The fraction of sp³-hybridized carbons (Fsp3) is 0.0938. The van der Waals surface area contributed by atoms with Crippen LogP contribution in [0.3, 0.4) is 0 Å². The number of aromatic nitrogens is 1. The predicted molar refractivity (Wildman–Crippen MR) is 152 cm³/mol. The van der Waals surface area contributed by atoms with Gasteiger partial charge in [-0.2, -0.15) is 5.10 Å². The van der Waals surface area contributed by atoms with Crippen molar-refractivity contribution >= 4 is 29.0 Å². The van der Waals surface area contributed by atoms with Gasteiger partial charge in [0, 0.05) is 22.0 Å². The van der Waals surface area contributed by atoms with Crippen LogP contribution in [-0.4, -0.2) is 29.9 Å². The van der Waals surface area contributed by atoms with Crippen LogP contribution in [0.25, 0.3) is 22.0 Å². The SMILES string of the molecule is CCc1cccc2c(-c3ccccc3)c(C(=O)NN=Cc3ccccc3OC(=O)c3ccc4c(c3)OCO4)[nH]c12. The van der Waals surface area contributed by atoms with Crippen LogP contribution in [0.2, 0.25) is 0 Å². The Hall–Kier alpha value is -5.37. The number of aryl methyl sites for hydroxylation is 1. The van der Waals surface area contributed by atoms with Crippen molar-refractivity contribution < 1.29 is 23.8 Å². The molecule has 0 spiro atoms. The Labute approximate surface area is 230 Å². The van der Waals surface area contributed by atoms with Gasteiger partial charge in [0.1, 0.15) is 11.4 Å². The largest absolute Gasteiger partial charge is 0.454 e. The van der Waals surface area contributed by atoms with E-state index in [4.69, 9.17) is 14.2 Å². The summed E-state index contributed by atoms with van der Waals surface area (Å²) in [6.07, 6.45) is 2.27. The third kappa shape index (κ3) is 4.78. The number of carbonyl (C=O) groups is 2. The third-order valence-electron chi connectivity index (χ3n) is 6.69. The molecule has 2 heterocycles. The molecular formula is C32H25N3O5. The number of hydrazone groups is 1. The monoisotopic (exact) mass is 531 g/mol. The molecule has 0 aliphatic carbocycles. The Bertz CT molecular complexity index is 1760. The average Bonchev–Trinajstić information content (AvgIpc) is 3.63. The van der Waals surface area contributed by atoms with E-state index in [-0.39, 0.29) is 12.7 Å². The fourth-order valence-electron chi connectivity index (χ4n) is 4.73. The van der Waals surface area contributed by atoms with E-state index >= 15 is 0 Å². The molecular weight excluding hydrogens is 506 g/mol. The number of H-pyrrole nitrogens is 1. The highest BCUT2D eigenvalue weighted by Gasteiger charge is 2.21. The molecule has 6 rings (SSSR count). The first-order chi connectivity index (χ1) is 19.6. The lowest BCUT2D eigenvalue weighted by molar-refractivity contribution is 0.0733. The molecule has 8 nitrogen and oxygen atoms in total. The Morgan fingerprint density at radius 1 is 0.950 bits per heavy atom. The summed E-state index contributed by atoms with van der Waals surface area (Å²) in [5.41, 5.74) is 7.68. The van der Waals surface area contributed by atoms with Gasteiger partial charge in [-0.25, -0.2) is 10.2 Å². The highest BCUT2D eigenvalue weighted by molar-refractivity contribution is 6.10. The highest BCUT2D eigenvalue weighted by atomic mass is 16.7. The van der Waals surface area contributed by atoms with Gasteiger partial charge >= 0.3 is 5.97 Å². The molecule has 2 N–H and O–H groups in total. The number of ether oxygens (including phenoxy) is 3. The average molecular weight is 532 g/mol. The summed E-state index contributed by atoms with van der Waals surface area (Å²) in [7, 11) is 0. The van der Waals surface area contributed by atoms with Crippen molar-refractivity contribution in [2.45, 2.75) is 13.3 Å². The zero-order chi connectivity index (χ0) is 27.5. The van der Waals surface area contributed by atoms with Crippen molar-refractivity contribution in [2.24, 2.45) is 5.10 Å². The second-order valence-corrected chi connectivity index (χ2v) is 9.13. The van der Waals surface area contributed by atoms with Gasteiger partial charge in [0.05, 0.1) is 11.8 Å². The molecule has 0 radical (unpaired) electrons. The summed E-state index contributed by atoms with van der Waals surface area (Å²) in [4.78, 5) is 29.5. The van der Waals surface area contributed by atoms with Crippen molar-refractivity contribution in [2.75, 3.05) is 6.79 Å². The van der Waals surface area contributed by atoms with E-state index in [0.29, 0.717) is 34.1 Å². The number of carbonyl (C=O) groups excluding carboxylic acids is 2. The summed E-state index contributed by atoms with van der Waals surface area (Å²) in [5, 5.41) is 5.15. The van der Waals surface area contributed by atoms with Gasteiger partial charge < -0.3 is 19.2 Å². The number of nitrogens with one attached hydrogen (secondary N) is 2. The van der Waals surface area contributed by atoms with E-state index in [1.165, 1.54) is 6.21 Å². The molecule has 0 unspecified atom stereocenters. The molecule has 0 atom stereocenters. The minimum absolute atomic E-state index is 0.115. The molecule has 1 aliphatic rings. The zero-order valence-electron chi connectivity index (χ0n) is 21.6. The minimum Gasteiger partial charge on any atom is -0.454 e. The molecule has 4 aromatic carbocycles. The Morgan fingerprint density at radius 2 is 1.75 bits per heavy atom. The maximum atomic E-state index is 13.4. The second-order valence-electron chi connectivity index (χ2n) is 9.13. The number of amides is 1. The van der Waals surface area contributed by atoms with Gasteiger partial charge in [-0.05, 0) is 47.9 Å². The molecule has 0 saturated heterocycles. The van der Waals surface area contributed by atoms with Crippen molar-refractivity contribution in [1.29, 1.82) is 0 Å². The number of fused-ring (bicyclic) bond motifs is 2. The number of rotatable bonds is 7. The first kappa shape index (κ1) is 24.9. The molecule has 40 heavy (non-hydrogen) atoms. The molecule has 1 amide bonds. The van der Waals surface area contributed by atoms with Crippen LogP contribution >= 0.6 is 0 Å². The number of esters is 1. The van der Waals surface area contributed by atoms with E-state index in [1.54, 1.807) is 42.5 Å². The first-order valence-electron chi connectivity index (χ1n) is 12.9. The highest BCUT2D eigenvalue weighted by Crippen LogP contribution is 2.35. The number of nitrogens with zero attached hydrogens (tertiary/aromatic N) is 1. The molecule has 5 aromatic rings. The molecule has 0 fully saturated rings. The zero-order valence-corrected chi connectivity index (χ0v) is 21.6. The standard InChI is InChI=1S/C32H25N3O5/c1-2-20-12-8-13-24-28(21-9-4-3-5-10-21)30(34-29(20)24)31(36)35-33-18-23-11-6-7-14-25(23)40-32(37)22-15-16-26-27(17-22)39-19-38-26/h3-18,34H,2,19H2,1H3,(H,35,36). The quantitative estimate of drug-likeness (QED) is 0.114. The van der Waals surface area contributed by atoms with Crippen LogP contribution in [0.4, 0.5) is 0 Å². The summed E-state index contributed by atoms with van der Waals surface area (Å²) in [5.74, 6) is 0.427. The van der Waals surface area contributed by atoms with Crippen molar-refractivity contribution in [3.63, 3.8) is 0 Å². The van der Waals surface area contributed by atoms with Gasteiger partial charge in [-0.3, -0.25) is 4.79 Å². The number of hydrogen-bond acceptors (Lipinski definition) is 6. The Balaban J connectivity index is 1.24. The summed E-state index contributed by atoms with van der Waals surface area (Å²) in [6, 6.07) is 27.6. The number of para-hydroxylation sites is 2. The second kappa shape index (κ2) is 10.8. The molecule has 0 saturated carbocycles. The van der Waals surface area contributed by atoms with E-state index in [2.05, 4.69) is 28.5 Å². The summed E-state index contributed by atoms with van der Waals surface area (Å²) in [6.45, 7) is 2.20. The molecule has 198 valence electrons. The number of hydrogen-bond donors (Lipinski definition) is 2. The Morgan fingerprint density at radius 3 is 2.60 bits per heavy atom. The van der Waals surface area contributed by atoms with E-state index < -0.39 is 5.97 Å². The topological polar surface area (TPSA) is 102 Å². The van der Waals surface area contributed by atoms with Crippen molar-refractivity contribution in [3.8, 4) is 28.4 Å². The van der Waals surface area contributed by atoms with Crippen LogP contribution < -0.4 is 19.6 Å². The Kier molecular flexibility index (Phi) is 6.72. The van der Waals surface area contributed by atoms with Crippen molar-refractivity contribution in [1.82, 2.24) is 10.4 Å². The predicted octanol–water partition coefficient (Wildman–Crippen LogP) is 6.11. The number of benzene rings is 4. The maximum Gasteiger partial charge on any atom is 0.343 e. The van der Waals surface area contributed by atoms with Crippen LogP contribution in [-0.2, 0) is 6.42 Å². The normalized spacial score (nSPS) is 12.1. The lowest BCUT2D eigenvalue weighted by atomic mass is 10.00. The van der Waals surface area contributed by atoms with Gasteiger partial charge in [-0.15, -0.1) is 0 Å². The van der Waals surface area contributed by atoms with Crippen LogP contribution in [0, 0.1) is 0 Å². The summed E-state index contributed by atoms with van der Waals surface area (Å²) < 4.78 is 16.3. The molecule has 1 aromatic heterocycles. The maximum absolute atomic E-state index is 13.4. The lowest BCUT2D eigenvalue weighted by Gasteiger charge is -2.08. The van der Waals surface area contributed by atoms with Crippen LogP contribution in [0.15, 0.2) is 96.1 Å². The fourth-order valence-corrected chi connectivity index (χ4v) is 4.73. The van der Waals surface area contributed by atoms with Crippen molar-refractivity contribution in [3.05, 3.63) is 113 Å². The lowest BCUT2D eigenvalue weighted by Crippen LogP contribution is -2.19. The minimum atomic E-state index is -0.555. The molecule has 1 aliphatic heterocycles. The smallest absolute Gasteiger partial charge is 0.343 e. The molecule has 8 heteroatoms. The summed E-state index contributed by atoms with van der Waals surface area (Å²) >= 11 is 0. The first-order valence-corrected chi connectivity index (χ1v) is 12.9. The molecule has 0 bridgehead atoms. The van der Waals surface area contributed by atoms with E-state index in [9.17, 15) is 9.59 Å². The number of aromatic amines is 1. The van der Waals surface area contributed by atoms with Crippen LogP contribution in [0.5, 0.6) is 17.2 Å². The van der Waals surface area contributed by atoms with Gasteiger partial charge in [0.15, 0.2) is 11.5 Å². The van der Waals surface area contributed by atoms with Gasteiger partial charge in [-0.1, -0.05) is 67.6 Å². The van der Waals surface area contributed by atoms with Gasteiger partial charge in [0.25, 0.3) is 5.91 Å². The van der Waals surface area contributed by atoms with Gasteiger partial charge in [0.2, 0.25) is 6.79 Å². The third-order valence-corrected chi connectivity index (χ3v) is 6.69.